The highest BCUT2D eigenvalue weighted by atomic mass is 16.6. The van der Waals surface area contributed by atoms with Gasteiger partial charge in [0.15, 0.2) is 0 Å². The second-order valence-corrected chi connectivity index (χ2v) is 7.58. The van der Waals surface area contributed by atoms with Gasteiger partial charge in [0.05, 0.1) is 0 Å². The average molecular weight is 298 g/mol. The molecule has 0 radical (unpaired) electrons. The van der Waals surface area contributed by atoms with Crippen molar-refractivity contribution in [3.8, 4) is 0 Å². The molecule has 0 saturated carbocycles. The van der Waals surface area contributed by atoms with Crippen molar-refractivity contribution >= 4 is 6.09 Å². The van der Waals surface area contributed by atoms with Crippen LogP contribution in [0.25, 0.3) is 0 Å². The molecule has 1 aliphatic heterocycles. The second kappa shape index (κ2) is 8.02. The van der Waals surface area contributed by atoms with E-state index in [2.05, 4.69) is 26.1 Å². The lowest BCUT2D eigenvalue weighted by Gasteiger charge is -2.24. The van der Waals surface area contributed by atoms with Gasteiger partial charge in [0.1, 0.15) is 5.60 Å². The number of rotatable bonds is 6. The molecular formula is C17H34N2O2. The minimum Gasteiger partial charge on any atom is -0.444 e. The molecule has 2 unspecified atom stereocenters. The monoisotopic (exact) mass is 298 g/mol. The van der Waals surface area contributed by atoms with E-state index >= 15 is 0 Å². The zero-order valence-corrected chi connectivity index (χ0v) is 14.7. The van der Waals surface area contributed by atoms with Crippen LogP contribution in [0.15, 0.2) is 0 Å². The smallest absolute Gasteiger partial charge is 0.410 e. The molecule has 1 saturated heterocycles. The van der Waals surface area contributed by atoms with Crippen LogP contribution in [-0.2, 0) is 4.74 Å². The normalized spacial score (nSPS) is 20.9. The molecule has 1 rings (SSSR count). The lowest BCUT2D eigenvalue weighted by Crippen LogP contribution is -2.36. The van der Waals surface area contributed by atoms with Gasteiger partial charge in [0, 0.05) is 19.1 Å². The molecule has 0 spiro atoms. The molecule has 21 heavy (non-hydrogen) atoms. The summed E-state index contributed by atoms with van der Waals surface area (Å²) in [6.45, 7) is 15.2. The van der Waals surface area contributed by atoms with Crippen LogP contribution < -0.4 is 5.32 Å². The lowest BCUT2D eigenvalue weighted by atomic mass is 10.0. The van der Waals surface area contributed by atoms with Crippen molar-refractivity contribution < 1.29 is 9.53 Å². The largest absolute Gasteiger partial charge is 0.444 e. The Labute approximate surface area is 130 Å². The molecule has 4 heteroatoms. The van der Waals surface area contributed by atoms with E-state index in [4.69, 9.17) is 4.74 Å². The second-order valence-electron chi connectivity index (χ2n) is 7.58. The van der Waals surface area contributed by atoms with E-state index in [1.807, 2.05) is 25.7 Å². The summed E-state index contributed by atoms with van der Waals surface area (Å²) in [5.41, 5.74) is -0.400. The molecule has 1 N–H and O–H groups in total. The van der Waals surface area contributed by atoms with Gasteiger partial charge in [-0.1, -0.05) is 20.8 Å². The highest BCUT2D eigenvalue weighted by molar-refractivity contribution is 5.68. The van der Waals surface area contributed by atoms with Crippen molar-refractivity contribution in [2.75, 3.05) is 19.6 Å². The first-order chi connectivity index (χ1) is 9.73. The Morgan fingerprint density at radius 1 is 1.38 bits per heavy atom. The van der Waals surface area contributed by atoms with Crippen molar-refractivity contribution in [2.24, 2.45) is 11.8 Å². The van der Waals surface area contributed by atoms with Crippen molar-refractivity contribution in [3.05, 3.63) is 0 Å². The van der Waals surface area contributed by atoms with Crippen LogP contribution in [0.4, 0.5) is 4.79 Å². The maximum Gasteiger partial charge on any atom is 0.410 e. The Kier molecular flexibility index (Phi) is 6.98. The summed E-state index contributed by atoms with van der Waals surface area (Å²) in [5.74, 6) is 1.28. The number of hydrogen-bond acceptors (Lipinski definition) is 3. The first-order valence-corrected chi connectivity index (χ1v) is 8.44. The molecule has 1 fully saturated rings. The maximum atomic E-state index is 12.0. The zero-order valence-electron chi connectivity index (χ0n) is 14.7. The van der Waals surface area contributed by atoms with Gasteiger partial charge in [0.25, 0.3) is 0 Å². The third-order valence-corrected chi connectivity index (χ3v) is 4.14. The first-order valence-electron chi connectivity index (χ1n) is 8.44. The molecule has 4 nitrogen and oxygen atoms in total. The summed E-state index contributed by atoms with van der Waals surface area (Å²) in [5, 5.41) is 3.64. The molecule has 0 aromatic rings. The predicted octanol–water partition coefficient (Wildman–Crippen LogP) is 3.66. The molecule has 0 aromatic heterocycles. The zero-order chi connectivity index (χ0) is 16.0. The summed E-state index contributed by atoms with van der Waals surface area (Å²) < 4.78 is 5.43. The molecule has 2 atom stereocenters. The third kappa shape index (κ3) is 6.68. The Hall–Kier alpha value is -0.770. The first kappa shape index (κ1) is 18.3. The van der Waals surface area contributed by atoms with E-state index < -0.39 is 5.60 Å². The van der Waals surface area contributed by atoms with E-state index in [0.29, 0.717) is 17.9 Å². The number of carbonyl (C=O) groups excluding carboxylic acids is 1. The predicted molar refractivity (Wildman–Crippen MR) is 87.5 cm³/mol. The number of nitrogens with one attached hydrogen (secondary N) is 1. The summed E-state index contributed by atoms with van der Waals surface area (Å²) in [7, 11) is 0. The van der Waals surface area contributed by atoms with Crippen LogP contribution in [0.3, 0.4) is 0 Å². The molecule has 1 aliphatic rings. The number of hydrogen-bond donors (Lipinski definition) is 1. The topological polar surface area (TPSA) is 41.6 Å². The molecule has 124 valence electrons. The van der Waals surface area contributed by atoms with Gasteiger partial charge in [-0.15, -0.1) is 0 Å². The molecule has 0 aromatic carbocycles. The van der Waals surface area contributed by atoms with Gasteiger partial charge < -0.3 is 15.0 Å². The highest BCUT2D eigenvalue weighted by Crippen LogP contribution is 2.21. The van der Waals surface area contributed by atoms with Gasteiger partial charge in [-0.05, 0) is 58.4 Å². The SMILES string of the molecule is CCC(NCCC1CCN(C(=O)OC(C)(C)C)C1)C(C)C. The van der Waals surface area contributed by atoms with Crippen LogP contribution in [0.1, 0.15) is 60.8 Å². The van der Waals surface area contributed by atoms with E-state index in [1.165, 1.54) is 6.42 Å². The molecule has 1 amide bonds. The van der Waals surface area contributed by atoms with E-state index in [9.17, 15) is 4.79 Å². The van der Waals surface area contributed by atoms with Crippen molar-refractivity contribution in [1.82, 2.24) is 10.2 Å². The molecule has 0 aliphatic carbocycles. The fourth-order valence-corrected chi connectivity index (χ4v) is 2.88. The number of ether oxygens (including phenoxy) is 1. The number of carbonyl (C=O) groups is 1. The highest BCUT2D eigenvalue weighted by Gasteiger charge is 2.29. The fourth-order valence-electron chi connectivity index (χ4n) is 2.88. The van der Waals surface area contributed by atoms with Gasteiger partial charge in [-0.2, -0.15) is 0 Å². The quantitative estimate of drug-likeness (QED) is 0.813. The van der Waals surface area contributed by atoms with E-state index in [0.717, 1.165) is 32.5 Å². The standard InChI is InChI=1S/C17H34N2O2/c1-7-15(13(2)3)18-10-8-14-9-11-19(12-14)16(20)21-17(4,5)6/h13-15,18H,7-12H2,1-6H3. The summed E-state index contributed by atoms with van der Waals surface area (Å²) >= 11 is 0. The van der Waals surface area contributed by atoms with Crippen molar-refractivity contribution in [3.63, 3.8) is 0 Å². The third-order valence-electron chi connectivity index (χ3n) is 4.14. The van der Waals surface area contributed by atoms with E-state index in [1.54, 1.807) is 0 Å². The van der Waals surface area contributed by atoms with Crippen LogP contribution in [0.2, 0.25) is 0 Å². The molecule has 0 bridgehead atoms. The number of likely N-dealkylation sites (tertiary alicyclic amines) is 1. The molecular weight excluding hydrogens is 264 g/mol. The fraction of sp³-hybridized carbons (Fsp3) is 0.941. The van der Waals surface area contributed by atoms with Crippen molar-refractivity contribution in [1.29, 1.82) is 0 Å². The van der Waals surface area contributed by atoms with Gasteiger partial charge in [0.2, 0.25) is 0 Å². The Morgan fingerprint density at radius 2 is 2.05 bits per heavy atom. The van der Waals surface area contributed by atoms with Crippen LogP contribution in [0.5, 0.6) is 0 Å². The average Bonchev–Trinajstić information content (AvgIpc) is 2.81. The van der Waals surface area contributed by atoms with Crippen LogP contribution in [0, 0.1) is 11.8 Å². The minimum absolute atomic E-state index is 0.161. The van der Waals surface area contributed by atoms with Crippen LogP contribution >= 0.6 is 0 Å². The van der Waals surface area contributed by atoms with Crippen LogP contribution in [-0.4, -0.2) is 42.3 Å². The number of nitrogens with zero attached hydrogens (tertiary/aromatic N) is 1. The molecule has 1 heterocycles. The van der Waals surface area contributed by atoms with Gasteiger partial charge >= 0.3 is 6.09 Å². The number of amides is 1. The van der Waals surface area contributed by atoms with Crippen molar-refractivity contribution in [2.45, 2.75) is 72.4 Å². The minimum atomic E-state index is -0.400. The van der Waals surface area contributed by atoms with Gasteiger partial charge in [-0.3, -0.25) is 0 Å². The van der Waals surface area contributed by atoms with Gasteiger partial charge in [-0.25, -0.2) is 4.79 Å². The Bertz CT molecular complexity index is 323. The maximum absolute atomic E-state index is 12.0. The van der Waals surface area contributed by atoms with E-state index in [-0.39, 0.29) is 6.09 Å². The Morgan fingerprint density at radius 3 is 2.57 bits per heavy atom. The summed E-state index contributed by atoms with van der Waals surface area (Å²) in [4.78, 5) is 13.9. The Balaban J connectivity index is 2.27. The lowest BCUT2D eigenvalue weighted by molar-refractivity contribution is 0.0287. The summed E-state index contributed by atoms with van der Waals surface area (Å²) in [6, 6.07) is 0.605. The summed E-state index contributed by atoms with van der Waals surface area (Å²) in [6.07, 6.45) is 3.25.